The van der Waals surface area contributed by atoms with Crippen molar-refractivity contribution < 1.29 is 28.7 Å². The zero-order chi connectivity index (χ0) is 28.8. The first-order valence-electron chi connectivity index (χ1n) is 14.6. The number of carbonyl (C=O) groups excluding carboxylic acids is 5. The van der Waals surface area contributed by atoms with Crippen molar-refractivity contribution in [2.24, 2.45) is 34.8 Å². The maximum Gasteiger partial charge on any atom is 0.408 e. The van der Waals surface area contributed by atoms with Gasteiger partial charge < -0.3 is 31.3 Å². The molecule has 4 atom stereocenters. The molecule has 0 radical (unpaired) electrons. The molecule has 2 heterocycles. The second-order valence-corrected chi connectivity index (χ2v) is 14.7. The Labute approximate surface area is 239 Å². The summed E-state index contributed by atoms with van der Waals surface area (Å²) in [5, 5.41) is 8.43. The van der Waals surface area contributed by atoms with E-state index in [1.807, 2.05) is 0 Å². The van der Waals surface area contributed by atoms with Crippen molar-refractivity contribution in [2.75, 3.05) is 18.2 Å². The lowest BCUT2D eigenvalue weighted by atomic mass is 9.47. The lowest BCUT2D eigenvalue weighted by Gasteiger charge is -2.59. The van der Waals surface area contributed by atoms with Gasteiger partial charge >= 0.3 is 6.09 Å². The quantitative estimate of drug-likeness (QED) is 0.340. The molecule has 222 valence electrons. The topological polar surface area (TPSA) is 160 Å². The molecule has 6 fully saturated rings. The summed E-state index contributed by atoms with van der Waals surface area (Å²) in [6, 6.07) is -2.62. The molecule has 0 aromatic rings. The van der Waals surface area contributed by atoms with E-state index in [-0.39, 0.29) is 23.7 Å². The number of rotatable bonds is 8. The Bertz CT molecular complexity index is 1020. The van der Waals surface area contributed by atoms with Gasteiger partial charge in [0.2, 0.25) is 23.6 Å². The molecule has 4 saturated carbocycles. The Hall–Kier alpha value is -2.50. The zero-order valence-electron chi connectivity index (χ0n) is 23.7. The second kappa shape index (κ2) is 11.1. The SMILES string of the molecule is CC(C)(C)OC(=O)N[C@H](C(=O)N1CSC[C@H]1C(=O)N[C@@H](C[C@@H]1CCNC1=O)C(N)=O)C12CC3CC(CC(C3)C1)C2. The highest BCUT2D eigenvalue weighted by atomic mass is 32.2. The van der Waals surface area contributed by atoms with Gasteiger partial charge in [0.25, 0.3) is 0 Å². The average molecular weight is 578 g/mol. The maximum absolute atomic E-state index is 14.3. The fourth-order valence-electron chi connectivity index (χ4n) is 8.14. The molecule has 12 heteroatoms. The monoisotopic (exact) mass is 577 g/mol. The Morgan fingerprint density at radius 2 is 1.73 bits per heavy atom. The van der Waals surface area contributed by atoms with Crippen LogP contribution in [0.2, 0.25) is 0 Å². The third kappa shape index (κ3) is 6.06. The fraction of sp³-hybridized carbons (Fsp3) is 0.821. The number of carbonyl (C=O) groups is 5. The van der Waals surface area contributed by atoms with Gasteiger partial charge in [-0.3, -0.25) is 19.2 Å². The minimum Gasteiger partial charge on any atom is -0.444 e. The third-order valence-corrected chi connectivity index (χ3v) is 10.4. The van der Waals surface area contributed by atoms with Gasteiger partial charge in [0.1, 0.15) is 23.7 Å². The summed E-state index contributed by atoms with van der Waals surface area (Å²) in [5.41, 5.74) is 4.52. The molecule has 0 aromatic heterocycles. The number of nitrogens with two attached hydrogens (primary N) is 1. The Kier molecular flexibility index (Phi) is 8.02. The minimum absolute atomic E-state index is 0.122. The molecule has 2 saturated heterocycles. The molecule has 6 aliphatic rings. The molecule has 6 rings (SSSR count). The van der Waals surface area contributed by atoms with Gasteiger partial charge in [0.05, 0.1) is 5.88 Å². The van der Waals surface area contributed by atoms with Crippen LogP contribution < -0.4 is 21.7 Å². The molecule has 5 amide bonds. The standard InChI is InChI=1S/C28H43N5O6S/c1-27(2,3)39-26(38)32-21(28-10-15-6-16(11-28)8-17(7-15)12-28)25(37)33-14-40-13-20(33)24(36)31-19(22(29)34)9-18-4-5-30-23(18)35/h15-21H,4-14H2,1-3H3,(H2,29,34)(H,30,35)(H,31,36)(H,32,38)/t15?,16?,17?,18-,19-,20-,21+,28?/m0/s1. The highest BCUT2D eigenvalue weighted by Gasteiger charge is 2.58. The van der Waals surface area contributed by atoms with Gasteiger partial charge in [-0.15, -0.1) is 11.8 Å². The van der Waals surface area contributed by atoms with Crippen LogP contribution in [0.25, 0.3) is 0 Å². The van der Waals surface area contributed by atoms with Crippen LogP contribution in [0.4, 0.5) is 4.79 Å². The lowest BCUT2D eigenvalue weighted by molar-refractivity contribution is -0.149. The van der Waals surface area contributed by atoms with Gasteiger partial charge in [-0.05, 0) is 89.9 Å². The average Bonchev–Trinajstić information content (AvgIpc) is 3.49. The first kappa shape index (κ1) is 29.0. The van der Waals surface area contributed by atoms with Gasteiger partial charge in [0, 0.05) is 23.6 Å². The summed E-state index contributed by atoms with van der Waals surface area (Å²) in [4.78, 5) is 66.6. The summed E-state index contributed by atoms with van der Waals surface area (Å²) in [7, 11) is 0. The highest BCUT2D eigenvalue weighted by Crippen LogP contribution is 2.61. The van der Waals surface area contributed by atoms with Crippen molar-refractivity contribution in [3.8, 4) is 0 Å². The third-order valence-electron chi connectivity index (χ3n) is 9.42. The summed E-state index contributed by atoms with van der Waals surface area (Å²) in [5.74, 6) is 0.330. The van der Waals surface area contributed by atoms with Crippen molar-refractivity contribution in [3.05, 3.63) is 0 Å². The zero-order valence-corrected chi connectivity index (χ0v) is 24.5. The number of alkyl carbamates (subject to hydrolysis) is 1. The van der Waals surface area contributed by atoms with Gasteiger partial charge in [0.15, 0.2) is 0 Å². The molecule has 0 aromatic carbocycles. The Morgan fingerprint density at radius 3 is 2.25 bits per heavy atom. The molecule has 4 aliphatic carbocycles. The van der Waals surface area contributed by atoms with Crippen molar-refractivity contribution in [1.82, 2.24) is 20.9 Å². The molecule has 0 spiro atoms. The lowest BCUT2D eigenvalue weighted by Crippen LogP contribution is -2.64. The number of amides is 5. The van der Waals surface area contributed by atoms with Crippen LogP contribution in [0.15, 0.2) is 0 Å². The number of hydrogen-bond acceptors (Lipinski definition) is 7. The fourth-order valence-corrected chi connectivity index (χ4v) is 9.31. The Balaban J connectivity index is 1.34. The number of hydrogen-bond donors (Lipinski definition) is 4. The van der Waals surface area contributed by atoms with E-state index in [1.54, 1.807) is 25.7 Å². The van der Waals surface area contributed by atoms with Gasteiger partial charge in [-0.2, -0.15) is 0 Å². The van der Waals surface area contributed by atoms with E-state index in [0.717, 1.165) is 19.3 Å². The number of primary amides is 1. The summed E-state index contributed by atoms with van der Waals surface area (Å²) < 4.78 is 5.58. The normalized spacial score (nSPS) is 34.2. The van der Waals surface area contributed by atoms with Crippen molar-refractivity contribution in [2.45, 2.75) is 95.9 Å². The number of ether oxygens (including phenoxy) is 1. The first-order chi connectivity index (χ1) is 18.8. The van der Waals surface area contributed by atoms with E-state index < -0.39 is 47.6 Å². The van der Waals surface area contributed by atoms with Crippen LogP contribution in [0.1, 0.15) is 72.1 Å². The Morgan fingerprint density at radius 1 is 1.10 bits per heavy atom. The van der Waals surface area contributed by atoms with Crippen molar-refractivity contribution in [1.29, 1.82) is 0 Å². The molecular weight excluding hydrogens is 534 g/mol. The van der Waals surface area contributed by atoms with E-state index in [4.69, 9.17) is 10.5 Å². The molecule has 40 heavy (non-hydrogen) atoms. The molecule has 0 unspecified atom stereocenters. The second-order valence-electron chi connectivity index (χ2n) is 13.7. The molecule has 11 nitrogen and oxygen atoms in total. The molecule has 2 aliphatic heterocycles. The number of nitrogens with zero attached hydrogens (tertiary/aromatic N) is 1. The van der Waals surface area contributed by atoms with E-state index in [0.29, 0.717) is 42.3 Å². The van der Waals surface area contributed by atoms with E-state index in [9.17, 15) is 24.0 Å². The van der Waals surface area contributed by atoms with Crippen molar-refractivity contribution in [3.63, 3.8) is 0 Å². The number of thioether (sulfide) groups is 1. The predicted molar refractivity (Wildman–Crippen MR) is 149 cm³/mol. The molecule has 4 bridgehead atoms. The molecule has 5 N–H and O–H groups in total. The maximum atomic E-state index is 14.3. The summed E-state index contributed by atoms with van der Waals surface area (Å²) >= 11 is 1.46. The minimum atomic E-state index is -1.01. The highest BCUT2D eigenvalue weighted by molar-refractivity contribution is 7.99. The van der Waals surface area contributed by atoms with E-state index >= 15 is 0 Å². The van der Waals surface area contributed by atoms with E-state index in [2.05, 4.69) is 16.0 Å². The smallest absolute Gasteiger partial charge is 0.408 e. The predicted octanol–water partition coefficient (Wildman–Crippen LogP) is 1.49. The van der Waals surface area contributed by atoms with Gasteiger partial charge in [-0.1, -0.05) is 0 Å². The van der Waals surface area contributed by atoms with E-state index in [1.165, 1.54) is 31.0 Å². The number of nitrogens with one attached hydrogen (secondary N) is 3. The first-order valence-corrected chi connectivity index (χ1v) is 15.7. The summed E-state index contributed by atoms with van der Waals surface area (Å²) in [6.45, 7) is 5.89. The van der Waals surface area contributed by atoms with Crippen molar-refractivity contribution >= 4 is 41.5 Å². The summed E-state index contributed by atoms with van der Waals surface area (Å²) in [6.07, 6.45) is 6.28. The van der Waals surface area contributed by atoms with Crippen LogP contribution >= 0.6 is 11.8 Å². The van der Waals surface area contributed by atoms with Gasteiger partial charge in [-0.25, -0.2) is 4.79 Å². The largest absolute Gasteiger partial charge is 0.444 e. The van der Waals surface area contributed by atoms with Crippen LogP contribution in [0.3, 0.4) is 0 Å². The molecular formula is C28H43N5O6S. The van der Waals surface area contributed by atoms with Crippen LogP contribution in [-0.4, -0.2) is 76.5 Å². The van der Waals surface area contributed by atoms with Crippen LogP contribution in [-0.2, 0) is 23.9 Å². The van der Waals surface area contributed by atoms with Crippen LogP contribution in [0, 0.1) is 29.1 Å². The van der Waals surface area contributed by atoms with Crippen LogP contribution in [0.5, 0.6) is 0 Å².